The number of halogens is 1. The van der Waals surface area contributed by atoms with Crippen LogP contribution in [0.25, 0.3) is 0 Å². The van der Waals surface area contributed by atoms with Gasteiger partial charge < -0.3 is 14.1 Å². The molecule has 2 aromatic carbocycles. The van der Waals surface area contributed by atoms with Crippen LogP contribution in [0.4, 0.5) is 4.39 Å². The van der Waals surface area contributed by atoms with Gasteiger partial charge in [0.2, 0.25) is 15.9 Å². The first kappa shape index (κ1) is 26.0. The molecule has 36 heavy (non-hydrogen) atoms. The highest BCUT2D eigenvalue weighted by atomic mass is 32.2. The standard InChI is InChI=1S/C26H30FN3O5S/c27-23-10-8-22(9-11-23)19-29(20-24-5-4-16-35-24)26(31)21-30(13-12-28-14-17-34-18-15-28)36(32,33)25-6-2-1-3-7-25/h1-11,16H,12-15,17-21H2. The van der Waals surface area contributed by atoms with E-state index in [-0.39, 0.29) is 42.8 Å². The summed E-state index contributed by atoms with van der Waals surface area (Å²) in [5.41, 5.74) is 0.724. The summed E-state index contributed by atoms with van der Waals surface area (Å²) in [5, 5.41) is 0. The van der Waals surface area contributed by atoms with Gasteiger partial charge >= 0.3 is 0 Å². The van der Waals surface area contributed by atoms with E-state index in [2.05, 4.69) is 4.90 Å². The Labute approximate surface area is 210 Å². The number of furan rings is 1. The number of morpholine rings is 1. The van der Waals surface area contributed by atoms with Gasteiger partial charge in [-0.3, -0.25) is 9.69 Å². The summed E-state index contributed by atoms with van der Waals surface area (Å²) in [6.45, 7) is 3.27. The highest BCUT2D eigenvalue weighted by molar-refractivity contribution is 7.89. The lowest BCUT2D eigenvalue weighted by molar-refractivity contribution is -0.133. The summed E-state index contributed by atoms with van der Waals surface area (Å²) in [7, 11) is -3.92. The number of hydrogen-bond donors (Lipinski definition) is 0. The zero-order chi connectivity index (χ0) is 25.4. The van der Waals surface area contributed by atoms with E-state index in [0.29, 0.717) is 38.6 Å². The highest BCUT2D eigenvalue weighted by Crippen LogP contribution is 2.18. The number of nitrogens with zero attached hydrogens (tertiary/aromatic N) is 3. The van der Waals surface area contributed by atoms with Gasteiger partial charge in [0.1, 0.15) is 11.6 Å². The Hall–Kier alpha value is -3.05. The summed E-state index contributed by atoms with van der Waals surface area (Å²) in [6.07, 6.45) is 1.52. The van der Waals surface area contributed by atoms with Crippen molar-refractivity contribution in [2.75, 3.05) is 45.9 Å². The molecule has 192 valence electrons. The summed E-state index contributed by atoms with van der Waals surface area (Å²) in [6, 6.07) is 17.5. The number of amides is 1. The average molecular weight is 516 g/mol. The van der Waals surface area contributed by atoms with Crippen LogP contribution in [0.5, 0.6) is 0 Å². The molecule has 8 nitrogen and oxygen atoms in total. The molecule has 0 aliphatic carbocycles. The largest absolute Gasteiger partial charge is 0.467 e. The predicted octanol–water partition coefficient (Wildman–Crippen LogP) is 2.97. The van der Waals surface area contributed by atoms with Crippen molar-refractivity contribution in [3.8, 4) is 0 Å². The van der Waals surface area contributed by atoms with Crippen molar-refractivity contribution in [3.63, 3.8) is 0 Å². The minimum Gasteiger partial charge on any atom is -0.467 e. The highest BCUT2D eigenvalue weighted by Gasteiger charge is 2.29. The molecular formula is C26H30FN3O5S. The van der Waals surface area contributed by atoms with Gasteiger partial charge in [0.15, 0.2) is 0 Å². The average Bonchev–Trinajstić information content (AvgIpc) is 3.41. The second-order valence-electron chi connectivity index (χ2n) is 8.56. The second kappa shape index (κ2) is 12.3. The number of hydrogen-bond acceptors (Lipinski definition) is 6. The maximum Gasteiger partial charge on any atom is 0.243 e. The van der Waals surface area contributed by atoms with Gasteiger partial charge in [-0.1, -0.05) is 30.3 Å². The quantitative estimate of drug-likeness (QED) is 0.391. The number of carbonyl (C=O) groups is 1. The molecule has 1 fully saturated rings. The smallest absolute Gasteiger partial charge is 0.243 e. The molecule has 2 heterocycles. The van der Waals surface area contributed by atoms with Crippen LogP contribution >= 0.6 is 0 Å². The fourth-order valence-electron chi connectivity index (χ4n) is 3.99. The van der Waals surface area contributed by atoms with Crippen LogP contribution in [0.1, 0.15) is 11.3 Å². The van der Waals surface area contributed by atoms with Crippen LogP contribution < -0.4 is 0 Å². The first-order valence-corrected chi connectivity index (χ1v) is 13.3. The number of ether oxygens (including phenoxy) is 1. The Bertz CT molecular complexity index is 1200. The van der Waals surface area contributed by atoms with Gasteiger partial charge in [-0.05, 0) is 42.0 Å². The van der Waals surface area contributed by atoms with E-state index in [4.69, 9.17) is 9.15 Å². The van der Waals surface area contributed by atoms with Crippen molar-refractivity contribution in [2.24, 2.45) is 0 Å². The third kappa shape index (κ3) is 7.01. The summed E-state index contributed by atoms with van der Waals surface area (Å²) in [4.78, 5) is 17.3. The fraction of sp³-hybridized carbons (Fsp3) is 0.346. The van der Waals surface area contributed by atoms with Crippen LogP contribution in [0.15, 0.2) is 82.3 Å². The van der Waals surface area contributed by atoms with Crippen LogP contribution in [0.2, 0.25) is 0 Å². The van der Waals surface area contributed by atoms with Crippen LogP contribution in [0, 0.1) is 5.82 Å². The van der Waals surface area contributed by atoms with E-state index in [1.165, 1.54) is 39.7 Å². The number of sulfonamides is 1. The molecule has 0 unspecified atom stereocenters. The maximum absolute atomic E-state index is 13.6. The van der Waals surface area contributed by atoms with E-state index < -0.39 is 10.0 Å². The molecule has 0 N–H and O–H groups in total. The van der Waals surface area contributed by atoms with Crippen molar-refractivity contribution in [1.29, 1.82) is 0 Å². The molecule has 10 heteroatoms. The summed E-state index contributed by atoms with van der Waals surface area (Å²) >= 11 is 0. The van der Waals surface area contributed by atoms with Crippen molar-refractivity contribution in [1.82, 2.24) is 14.1 Å². The Morgan fingerprint density at radius 2 is 1.67 bits per heavy atom. The maximum atomic E-state index is 13.6. The Kier molecular flexibility index (Phi) is 8.87. The van der Waals surface area contributed by atoms with E-state index in [1.54, 1.807) is 42.5 Å². The topological polar surface area (TPSA) is 83.3 Å². The normalized spacial score (nSPS) is 14.7. The molecular weight excluding hydrogens is 485 g/mol. The van der Waals surface area contributed by atoms with E-state index in [1.807, 2.05) is 0 Å². The fourth-order valence-corrected chi connectivity index (χ4v) is 5.39. The Balaban J connectivity index is 1.55. The van der Waals surface area contributed by atoms with Crippen LogP contribution in [0.3, 0.4) is 0 Å². The van der Waals surface area contributed by atoms with Crippen LogP contribution in [-0.2, 0) is 32.6 Å². The molecule has 3 aromatic rings. The first-order valence-electron chi connectivity index (χ1n) is 11.8. The van der Waals surface area contributed by atoms with Crippen LogP contribution in [-0.4, -0.2) is 74.4 Å². The molecule has 0 radical (unpaired) electrons. The lowest BCUT2D eigenvalue weighted by atomic mass is 10.2. The number of carbonyl (C=O) groups excluding carboxylic acids is 1. The summed E-state index contributed by atoms with van der Waals surface area (Å²) in [5.74, 6) is -0.181. The number of rotatable bonds is 11. The van der Waals surface area contributed by atoms with Gasteiger partial charge in [-0.25, -0.2) is 12.8 Å². The van der Waals surface area contributed by atoms with Gasteiger partial charge in [0.25, 0.3) is 0 Å². The summed E-state index contributed by atoms with van der Waals surface area (Å²) < 4.78 is 52.5. The molecule has 0 atom stereocenters. The molecule has 1 aliphatic rings. The lowest BCUT2D eigenvalue weighted by Gasteiger charge is -2.31. The second-order valence-corrected chi connectivity index (χ2v) is 10.5. The van der Waals surface area contributed by atoms with Crippen molar-refractivity contribution < 1.29 is 26.8 Å². The molecule has 0 spiro atoms. The molecule has 1 aliphatic heterocycles. The third-order valence-electron chi connectivity index (χ3n) is 6.03. The predicted molar refractivity (Wildman–Crippen MR) is 132 cm³/mol. The molecule has 0 bridgehead atoms. The van der Waals surface area contributed by atoms with E-state index >= 15 is 0 Å². The minimum atomic E-state index is -3.92. The van der Waals surface area contributed by atoms with Gasteiger partial charge in [0.05, 0.1) is 37.5 Å². The van der Waals surface area contributed by atoms with Crippen molar-refractivity contribution in [2.45, 2.75) is 18.0 Å². The van der Waals surface area contributed by atoms with Crippen molar-refractivity contribution in [3.05, 3.63) is 90.1 Å². The van der Waals surface area contributed by atoms with Gasteiger partial charge in [-0.15, -0.1) is 0 Å². The Morgan fingerprint density at radius 1 is 0.944 bits per heavy atom. The Morgan fingerprint density at radius 3 is 2.33 bits per heavy atom. The molecule has 4 rings (SSSR count). The molecule has 1 aromatic heterocycles. The third-order valence-corrected chi connectivity index (χ3v) is 7.89. The first-order chi connectivity index (χ1) is 17.4. The molecule has 1 amide bonds. The SMILES string of the molecule is O=C(CN(CCN1CCOCC1)S(=O)(=O)c1ccccc1)N(Cc1ccc(F)cc1)Cc1ccco1. The minimum absolute atomic E-state index is 0.135. The molecule has 1 saturated heterocycles. The van der Waals surface area contributed by atoms with E-state index in [9.17, 15) is 17.6 Å². The van der Waals surface area contributed by atoms with Crippen molar-refractivity contribution >= 4 is 15.9 Å². The van der Waals surface area contributed by atoms with E-state index in [0.717, 1.165) is 5.56 Å². The monoisotopic (exact) mass is 515 g/mol. The zero-order valence-electron chi connectivity index (χ0n) is 20.0. The van der Waals surface area contributed by atoms with Gasteiger partial charge in [-0.2, -0.15) is 4.31 Å². The lowest BCUT2D eigenvalue weighted by Crippen LogP contribution is -2.47. The zero-order valence-corrected chi connectivity index (χ0v) is 20.8. The number of benzene rings is 2. The molecule has 0 saturated carbocycles. The van der Waals surface area contributed by atoms with Gasteiger partial charge in [0, 0.05) is 32.7 Å².